The van der Waals surface area contributed by atoms with Crippen LogP contribution < -0.4 is 10.1 Å². The molecule has 1 amide bonds. The summed E-state index contributed by atoms with van der Waals surface area (Å²) in [7, 11) is 0. The molecule has 1 fully saturated rings. The van der Waals surface area contributed by atoms with Crippen LogP contribution in [0.5, 0.6) is 5.75 Å². The molecule has 1 saturated carbocycles. The second kappa shape index (κ2) is 7.64. The maximum Gasteiger partial charge on any atom is 0.312 e. The number of nitrogens with one attached hydrogen (secondary N) is 1. The highest BCUT2D eigenvalue weighted by molar-refractivity contribution is 6.30. The molecule has 0 spiro atoms. The lowest BCUT2D eigenvalue weighted by atomic mass is 9.86. The highest BCUT2D eigenvalue weighted by Gasteiger charge is 2.27. The Hall–Kier alpha value is -1.82. The molecule has 6 nitrogen and oxygen atoms in total. The quantitative estimate of drug-likeness (QED) is 0.654. The standard InChI is InChI=1S/C16H21ClN2O4/c1-10-5-3-4-6-13(10)18-16(20)11(2)23-15-8-7-12(17)9-14(15)19(21)22/h7-11,13H,3-6H2,1-2H3,(H,18,20)/t10-,11+,13+/m0/s1. The Balaban J connectivity index is 2.02. The summed E-state index contributed by atoms with van der Waals surface area (Å²) < 4.78 is 5.49. The topological polar surface area (TPSA) is 81.5 Å². The summed E-state index contributed by atoms with van der Waals surface area (Å²) in [6, 6.07) is 4.26. The van der Waals surface area contributed by atoms with Crippen LogP contribution in [0.15, 0.2) is 18.2 Å². The fraction of sp³-hybridized carbons (Fsp3) is 0.562. The molecular formula is C16H21ClN2O4. The molecule has 126 valence electrons. The molecule has 0 saturated heterocycles. The monoisotopic (exact) mass is 340 g/mol. The fourth-order valence-corrected chi connectivity index (χ4v) is 2.97. The largest absolute Gasteiger partial charge is 0.474 e. The molecule has 0 bridgehead atoms. The Bertz CT molecular complexity index is 593. The number of rotatable bonds is 5. The van der Waals surface area contributed by atoms with Crippen molar-refractivity contribution >= 4 is 23.2 Å². The minimum Gasteiger partial charge on any atom is -0.474 e. The van der Waals surface area contributed by atoms with Crippen molar-refractivity contribution in [3.8, 4) is 5.75 Å². The van der Waals surface area contributed by atoms with Crippen molar-refractivity contribution in [2.45, 2.75) is 51.7 Å². The molecule has 1 aromatic carbocycles. The number of nitrogens with zero attached hydrogens (tertiary/aromatic N) is 1. The van der Waals surface area contributed by atoms with Gasteiger partial charge in [-0.25, -0.2) is 0 Å². The minimum atomic E-state index is -0.816. The zero-order valence-electron chi connectivity index (χ0n) is 13.3. The number of carbonyl (C=O) groups is 1. The lowest BCUT2D eigenvalue weighted by Gasteiger charge is -2.30. The summed E-state index contributed by atoms with van der Waals surface area (Å²) in [6.45, 7) is 3.71. The number of halogens is 1. The van der Waals surface area contributed by atoms with Gasteiger partial charge in [-0.05, 0) is 37.8 Å². The van der Waals surface area contributed by atoms with Gasteiger partial charge in [0.1, 0.15) is 0 Å². The highest BCUT2D eigenvalue weighted by Crippen LogP contribution is 2.31. The normalized spacial score (nSPS) is 22.2. The fourth-order valence-electron chi connectivity index (χ4n) is 2.81. The molecule has 0 radical (unpaired) electrons. The molecule has 0 aliphatic heterocycles. The third-order valence-corrected chi connectivity index (χ3v) is 4.46. The predicted octanol–water partition coefficient (Wildman–Crippen LogP) is 3.71. The molecule has 1 aliphatic carbocycles. The zero-order chi connectivity index (χ0) is 17.0. The van der Waals surface area contributed by atoms with E-state index in [1.165, 1.54) is 24.6 Å². The summed E-state index contributed by atoms with van der Waals surface area (Å²) >= 11 is 5.77. The molecule has 0 heterocycles. The van der Waals surface area contributed by atoms with Crippen LogP contribution in [0, 0.1) is 16.0 Å². The Morgan fingerprint density at radius 1 is 1.43 bits per heavy atom. The smallest absolute Gasteiger partial charge is 0.312 e. The van der Waals surface area contributed by atoms with Crippen molar-refractivity contribution in [3.63, 3.8) is 0 Å². The van der Waals surface area contributed by atoms with Gasteiger partial charge in [0.25, 0.3) is 5.91 Å². The summed E-state index contributed by atoms with van der Waals surface area (Å²) in [6.07, 6.45) is 3.54. The molecule has 0 unspecified atom stereocenters. The summed E-state index contributed by atoms with van der Waals surface area (Å²) in [4.78, 5) is 22.8. The van der Waals surface area contributed by atoms with Crippen molar-refractivity contribution in [1.29, 1.82) is 0 Å². The van der Waals surface area contributed by atoms with E-state index >= 15 is 0 Å². The number of amides is 1. The van der Waals surface area contributed by atoms with E-state index in [9.17, 15) is 14.9 Å². The van der Waals surface area contributed by atoms with Crippen molar-refractivity contribution < 1.29 is 14.5 Å². The molecule has 0 aromatic heterocycles. The SMILES string of the molecule is C[C@@H](Oc1ccc(Cl)cc1[N+](=O)[O-])C(=O)N[C@@H]1CCCC[C@@H]1C. The third kappa shape index (κ3) is 4.58. The number of hydrogen-bond acceptors (Lipinski definition) is 4. The van der Waals surface area contributed by atoms with Crippen LogP contribution in [-0.4, -0.2) is 23.0 Å². The number of hydrogen-bond donors (Lipinski definition) is 1. The number of ether oxygens (including phenoxy) is 1. The van der Waals surface area contributed by atoms with Gasteiger partial charge in [-0.1, -0.05) is 31.4 Å². The van der Waals surface area contributed by atoms with Gasteiger partial charge in [0.05, 0.1) is 4.92 Å². The molecule has 23 heavy (non-hydrogen) atoms. The maximum absolute atomic E-state index is 12.3. The van der Waals surface area contributed by atoms with Gasteiger partial charge in [-0.3, -0.25) is 14.9 Å². The van der Waals surface area contributed by atoms with Gasteiger partial charge in [0, 0.05) is 17.1 Å². The second-order valence-corrected chi connectivity index (χ2v) is 6.44. The van der Waals surface area contributed by atoms with Gasteiger partial charge in [-0.15, -0.1) is 0 Å². The van der Waals surface area contributed by atoms with Crippen LogP contribution in [0.2, 0.25) is 5.02 Å². The van der Waals surface area contributed by atoms with Gasteiger partial charge >= 0.3 is 5.69 Å². The molecule has 2 rings (SSSR count). The Morgan fingerprint density at radius 2 is 2.13 bits per heavy atom. The van der Waals surface area contributed by atoms with Gasteiger partial charge in [0.2, 0.25) is 0 Å². The van der Waals surface area contributed by atoms with Crippen LogP contribution in [0.1, 0.15) is 39.5 Å². The molecule has 1 N–H and O–H groups in total. The van der Waals surface area contributed by atoms with E-state index < -0.39 is 11.0 Å². The highest BCUT2D eigenvalue weighted by atomic mass is 35.5. The van der Waals surface area contributed by atoms with Crippen LogP contribution in [0.25, 0.3) is 0 Å². The predicted molar refractivity (Wildman–Crippen MR) is 87.8 cm³/mol. The average Bonchev–Trinajstić information content (AvgIpc) is 2.51. The third-order valence-electron chi connectivity index (χ3n) is 4.23. The van der Waals surface area contributed by atoms with Crippen LogP contribution in [0.4, 0.5) is 5.69 Å². The van der Waals surface area contributed by atoms with Crippen LogP contribution in [0.3, 0.4) is 0 Å². The van der Waals surface area contributed by atoms with Crippen molar-refractivity contribution in [1.82, 2.24) is 5.32 Å². The lowest BCUT2D eigenvalue weighted by Crippen LogP contribution is -2.46. The molecular weight excluding hydrogens is 320 g/mol. The molecule has 7 heteroatoms. The first-order valence-electron chi connectivity index (χ1n) is 7.79. The first kappa shape index (κ1) is 17.5. The number of carbonyl (C=O) groups excluding carboxylic acids is 1. The van der Waals surface area contributed by atoms with Crippen LogP contribution in [-0.2, 0) is 4.79 Å². The summed E-state index contributed by atoms with van der Waals surface area (Å²) in [5.74, 6) is 0.219. The lowest BCUT2D eigenvalue weighted by molar-refractivity contribution is -0.386. The van der Waals surface area contributed by atoms with Crippen molar-refractivity contribution in [2.75, 3.05) is 0 Å². The molecule has 1 aromatic rings. The van der Waals surface area contributed by atoms with E-state index in [0.29, 0.717) is 5.92 Å². The number of nitro benzene ring substituents is 1. The van der Waals surface area contributed by atoms with Crippen LogP contribution >= 0.6 is 11.6 Å². The second-order valence-electron chi connectivity index (χ2n) is 6.01. The number of nitro groups is 1. The maximum atomic E-state index is 12.3. The zero-order valence-corrected chi connectivity index (χ0v) is 14.0. The van der Waals surface area contributed by atoms with E-state index in [0.717, 1.165) is 19.3 Å². The average molecular weight is 341 g/mol. The van der Waals surface area contributed by atoms with Gasteiger partial charge in [0.15, 0.2) is 11.9 Å². The molecule has 3 atom stereocenters. The van der Waals surface area contributed by atoms with E-state index in [1.807, 2.05) is 0 Å². The van der Waals surface area contributed by atoms with E-state index in [-0.39, 0.29) is 28.4 Å². The van der Waals surface area contributed by atoms with E-state index in [4.69, 9.17) is 16.3 Å². The first-order chi connectivity index (χ1) is 10.9. The Kier molecular flexibility index (Phi) is 5.82. The van der Waals surface area contributed by atoms with E-state index in [2.05, 4.69) is 12.2 Å². The van der Waals surface area contributed by atoms with Gasteiger partial charge in [-0.2, -0.15) is 0 Å². The molecule has 1 aliphatic rings. The van der Waals surface area contributed by atoms with E-state index in [1.54, 1.807) is 6.92 Å². The van der Waals surface area contributed by atoms with Crippen molar-refractivity contribution in [2.24, 2.45) is 5.92 Å². The first-order valence-corrected chi connectivity index (χ1v) is 8.17. The minimum absolute atomic E-state index is 0.0405. The van der Waals surface area contributed by atoms with Gasteiger partial charge < -0.3 is 10.1 Å². The summed E-state index contributed by atoms with van der Waals surface area (Å²) in [5.41, 5.74) is -0.247. The Labute approximate surface area is 140 Å². The number of benzene rings is 1. The Morgan fingerprint density at radius 3 is 2.78 bits per heavy atom. The van der Waals surface area contributed by atoms with Crippen molar-refractivity contribution in [3.05, 3.63) is 33.3 Å². The summed E-state index contributed by atoms with van der Waals surface area (Å²) in [5, 5.41) is 14.3.